The van der Waals surface area contributed by atoms with Gasteiger partial charge in [0.1, 0.15) is 18.7 Å². The number of hydrogen-bond acceptors (Lipinski definition) is 7. The molecule has 0 aliphatic carbocycles. The second-order valence-corrected chi connectivity index (χ2v) is 8.91. The molecule has 36 heavy (non-hydrogen) atoms. The van der Waals surface area contributed by atoms with Gasteiger partial charge in [0.2, 0.25) is 5.78 Å². The molecule has 1 atom stereocenters. The van der Waals surface area contributed by atoms with E-state index in [0.717, 1.165) is 18.5 Å². The number of amides is 1. The van der Waals surface area contributed by atoms with Crippen LogP contribution in [0.2, 0.25) is 0 Å². The lowest BCUT2D eigenvalue weighted by Crippen LogP contribution is -3.14. The Balaban J connectivity index is 1.53. The number of nitrogens with zero attached hydrogens (tertiary/aromatic N) is 1. The van der Waals surface area contributed by atoms with E-state index in [0.29, 0.717) is 44.1 Å². The maximum absolute atomic E-state index is 13.7. The first-order valence-corrected chi connectivity index (χ1v) is 12.1. The number of aliphatic hydroxyl groups excluding tert-OH is 1. The van der Waals surface area contributed by atoms with Gasteiger partial charge >= 0.3 is 0 Å². The molecule has 0 radical (unpaired) electrons. The molecule has 1 aromatic heterocycles. The molecule has 0 saturated carbocycles. The standard InChI is InChI=1S/C27H28N2O7/c1-2-35-21-16-18(7-8-19(21)30)24-23(25(31)22-15-17-5-3-4-6-20(17)36-22)26(32)27(33)29(24)10-9-28-11-13-34-14-12-28/h3-8,15-16,24,30,32H,2,9-14H2,1H3/p+1/t24-/m1/s1. The van der Waals surface area contributed by atoms with Crippen LogP contribution in [0.5, 0.6) is 11.5 Å². The van der Waals surface area contributed by atoms with Crippen LogP contribution in [0.3, 0.4) is 0 Å². The predicted octanol–water partition coefficient (Wildman–Crippen LogP) is 2.03. The number of carbonyl (C=O) groups excluding carboxylic acids is 2. The summed E-state index contributed by atoms with van der Waals surface area (Å²) in [7, 11) is 0. The van der Waals surface area contributed by atoms with Gasteiger partial charge in [-0.2, -0.15) is 0 Å². The fourth-order valence-electron chi connectivity index (χ4n) is 4.85. The smallest absolute Gasteiger partial charge is 0.290 e. The Morgan fingerprint density at radius 3 is 2.67 bits per heavy atom. The summed E-state index contributed by atoms with van der Waals surface area (Å²) in [6.45, 7) is 6.05. The summed E-state index contributed by atoms with van der Waals surface area (Å²) in [6, 6.07) is 12.7. The van der Waals surface area contributed by atoms with Gasteiger partial charge in [0.15, 0.2) is 23.0 Å². The van der Waals surface area contributed by atoms with Gasteiger partial charge in [-0.3, -0.25) is 9.59 Å². The van der Waals surface area contributed by atoms with Gasteiger partial charge in [-0.15, -0.1) is 0 Å². The van der Waals surface area contributed by atoms with Gasteiger partial charge in [-0.25, -0.2) is 0 Å². The molecule has 0 bridgehead atoms. The highest BCUT2D eigenvalue weighted by molar-refractivity contribution is 6.16. The summed E-state index contributed by atoms with van der Waals surface area (Å²) in [5.74, 6) is -1.53. The third kappa shape index (κ3) is 4.43. The lowest BCUT2D eigenvalue weighted by atomic mass is 9.94. The number of phenols is 1. The molecule has 1 amide bonds. The molecular formula is C27H29N2O7+. The Morgan fingerprint density at radius 1 is 1.14 bits per heavy atom. The van der Waals surface area contributed by atoms with Crippen LogP contribution in [0.15, 0.2) is 64.3 Å². The van der Waals surface area contributed by atoms with Crippen molar-refractivity contribution in [3.63, 3.8) is 0 Å². The number of ether oxygens (including phenoxy) is 2. The summed E-state index contributed by atoms with van der Waals surface area (Å²) in [5.41, 5.74) is 1.03. The number of rotatable bonds is 8. The Hall–Kier alpha value is -3.82. The molecule has 3 aromatic rings. The van der Waals surface area contributed by atoms with E-state index in [-0.39, 0.29) is 22.8 Å². The van der Waals surface area contributed by atoms with E-state index in [1.165, 1.54) is 15.9 Å². The quantitative estimate of drug-likeness (QED) is 0.412. The van der Waals surface area contributed by atoms with Crippen molar-refractivity contribution < 1.29 is 38.6 Å². The van der Waals surface area contributed by atoms with Crippen molar-refractivity contribution in [1.29, 1.82) is 0 Å². The van der Waals surface area contributed by atoms with Gasteiger partial charge in [0.05, 0.1) is 44.5 Å². The molecule has 5 rings (SSSR count). The minimum Gasteiger partial charge on any atom is -0.504 e. The highest BCUT2D eigenvalue weighted by Gasteiger charge is 2.45. The number of furan rings is 1. The fourth-order valence-corrected chi connectivity index (χ4v) is 4.85. The minimum atomic E-state index is -0.863. The van der Waals surface area contributed by atoms with E-state index in [2.05, 4.69) is 0 Å². The number of quaternary nitrogens is 1. The van der Waals surface area contributed by atoms with Gasteiger partial charge in [-0.1, -0.05) is 24.3 Å². The molecule has 2 aliphatic rings. The first-order valence-electron chi connectivity index (χ1n) is 12.1. The van der Waals surface area contributed by atoms with Gasteiger partial charge in [0.25, 0.3) is 5.91 Å². The van der Waals surface area contributed by atoms with E-state index >= 15 is 0 Å². The molecule has 0 unspecified atom stereocenters. The maximum atomic E-state index is 13.7. The molecule has 3 N–H and O–H groups in total. The number of ketones is 1. The van der Waals surface area contributed by atoms with Gasteiger partial charge in [-0.05, 0) is 36.8 Å². The normalized spacial score (nSPS) is 18.9. The Morgan fingerprint density at radius 2 is 1.92 bits per heavy atom. The summed E-state index contributed by atoms with van der Waals surface area (Å²) in [6.07, 6.45) is 0. The predicted molar refractivity (Wildman–Crippen MR) is 130 cm³/mol. The fraction of sp³-hybridized carbons (Fsp3) is 0.333. The van der Waals surface area contributed by atoms with E-state index < -0.39 is 23.5 Å². The van der Waals surface area contributed by atoms with E-state index in [9.17, 15) is 19.8 Å². The van der Waals surface area contributed by atoms with Crippen molar-refractivity contribution in [1.82, 2.24) is 4.90 Å². The lowest BCUT2D eigenvalue weighted by molar-refractivity contribution is -0.907. The summed E-state index contributed by atoms with van der Waals surface area (Å²) in [4.78, 5) is 29.8. The number of nitrogens with one attached hydrogen (secondary N) is 1. The maximum Gasteiger partial charge on any atom is 0.290 e. The number of fused-ring (bicyclic) bond motifs is 1. The molecule has 2 aliphatic heterocycles. The molecule has 9 nitrogen and oxygen atoms in total. The number of aliphatic hydroxyl groups is 1. The number of carbonyl (C=O) groups is 2. The lowest BCUT2D eigenvalue weighted by Gasteiger charge is -2.30. The highest BCUT2D eigenvalue weighted by Crippen LogP contribution is 2.41. The summed E-state index contributed by atoms with van der Waals surface area (Å²) < 4.78 is 16.7. The third-order valence-corrected chi connectivity index (χ3v) is 6.70. The first-order chi connectivity index (χ1) is 17.5. The van der Waals surface area contributed by atoms with Crippen LogP contribution in [0.1, 0.15) is 29.1 Å². The third-order valence-electron chi connectivity index (χ3n) is 6.70. The highest BCUT2D eigenvalue weighted by atomic mass is 16.5. The zero-order valence-corrected chi connectivity index (χ0v) is 20.0. The molecule has 1 fully saturated rings. The molecule has 0 spiro atoms. The SMILES string of the molecule is CCOc1cc([C@@H]2C(C(=O)c3cc4ccccc4o3)=C(O)C(=O)N2CC[NH+]2CCOCC2)ccc1O. The minimum absolute atomic E-state index is 0.0417. The Bertz CT molecular complexity index is 1290. The number of Topliss-reactive ketones (excluding diaryl/α,β-unsaturated/α-hetero) is 1. The molecule has 9 heteroatoms. The summed E-state index contributed by atoms with van der Waals surface area (Å²) >= 11 is 0. The molecule has 188 valence electrons. The molecule has 3 heterocycles. The van der Waals surface area contributed by atoms with Crippen LogP contribution in [-0.2, 0) is 9.53 Å². The van der Waals surface area contributed by atoms with Gasteiger partial charge < -0.3 is 33.9 Å². The molecular weight excluding hydrogens is 464 g/mol. The largest absolute Gasteiger partial charge is 0.504 e. The van der Waals surface area contributed by atoms with Crippen LogP contribution >= 0.6 is 0 Å². The number of aromatic hydroxyl groups is 1. The number of para-hydroxylation sites is 1. The molecule has 2 aromatic carbocycles. The number of benzene rings is 2. The molecule has 1 saturated heterocycles. The summed E-state index contributed by atoms with van der Waals surface area (Å²) in [5, 5.41) is 21.9. The average Bonchev–Trinajstić information content (AvgIpc) is 3.44. The van der Waals surface area contributed by atoms with Crippen molar-refractivity contribution in [2.24, 2.45) is 0 Å². The topological polar surface area (TPSA) is 114 Å². The number of morpholine rings is 1. The second kappa shape index (κ2) is 10.0. The zero-order valence-electron chi connectivity index (χ0n) is 20.0. The van der Waals surface area contributed by atoms with E-state index in [4.69, 9.17) is 13.9 Å². The number of phenolic OH excluding ortho intramolecular Hbond substituents is 1. The van der Waals surface area contributed by atoms with Crippen LogP contribution in [-0.4, -0.2) is 72.8 Å². The number of hydrogen-bond donors (Lipinski definition) is 3. The van der Waals surface area contributed by atoms with Crippen LogP contribution in [0.4, 0.5) is 0 Å². The van der Waals surface area contributed by atoms with Crippen molar-refractivity contribution in [3.8, 4) is 11.5 Å². The average molecular weight is 494 g/mol. The van der Waals surface area contributed by atoms with Crippen LogP contribution < -0.4 is 9.64 Å². The monoisotopic (exact) mass is 493 g/mol. The Labute approximate surface area is 208 Å². The van der Waals surface area contributed by atoms with Crippen LogP contribution in [0.25, 0.3) is 11.0 Å². The zero-order chi connectivity index (χ0) is 25.2. The van der Waals surface area contributed by atoms with E-state index in [1.54, 1.807) is 37.3 Å². The van der Waals surface area contributed by atoms with Crippen molar-refractivity contribution >= 4 is 22.7 Å². The van der Waals surface area contributed by atoms with Crippen molar-refractivity contribution in [3.05, 3.63) is 71.2 Å². The van der Waals surface area contributed by atoms with Crippen molar-refractivity contribution in [2.75, 3.05) is 46.0 Å². The Kier molecular flexibility index (Phi) is 6.67. The van der Waals surface area contributed by atoms with Crippen LogP contribution in [0, 0.1) is 0 Å². The first kappa shape index (κ1) is 23.9. The van der Waals surface area contributed by atoms with E-state index in [1.807, 2.05) is 12.1 Å². The van der Waals surface area contributed by atoms with Gasteiger partial charge in [0, 0.05) is 5.39 Å². The second-order valence-electron chi connectivity index (χ2n) is 8.91. The van der Waals surface area contributed by atoms with Crippen molar-refractivity contribution in [2.45, 2.75) is 13.0 Å².